The van der Waals surface area contributed by atoms with Crippen molar-refractivity contribution in [2.75, 3.05) is 31.7 Å². The molecule has 23 nitrogen and oxygen atoms in total. The molecule has 1 heterocycles. The molecule has 0 saturated carbocycles. The van der Waals surface area contributed by atoms with Gasteiger partial charge in [0.2, 0.25) is 53.2 Å². The summed E-state index contributed by atoms with van der Waals surface area (Å²) in [5.41, 5.74) is 21.7. The SMILES string of the molecule is CC[C@H](C)[C@H](NC(=O)[C@H](C)NC(=O)[C@H](CCSC)NC(=O)[C@@H](N)CC(N)=O)C(=O)N[C@@H](CC(N)=O)C(=O)N1CCC[C@H]1C(=O)N[C@@H](CO)C(=O)N[C@@H](CCCCN)C(=O)O. The Morgan fingerprint density at radius 3 is 1.90 bits per heavy atom. The van der Waals surface area contributed by atoms with Crippen molar-refractivity contribution in [1.29, 1.82) is 0 Å². The van der Waals surface area contributed by atoms with Crippen LogP contribution < -0.4 is 54.8 Å². The van der Waals surface area contributed by atoms with Gasteiger partial charge < -0.3 is 69.9 Å². The fourth-order valence-electron chi connectivity index (χ4n) is 6.10. The summed E-state index contributed by atoms with van der Waals surface area (Å²) >= 11 is 1.39. The Bertz CT molecular complexity index is 1540. The summed E-state index contributed by atoms with van der Waals surface area (Å²) in [6, 6.07) is -10.7. The van der Waals surface area contributed by atoms with E-state index in [9.17, 15) is 58.2 Å². The highest BCUT2D eigenvalue weighted by molar-refractivity contribution is 7.98. The van der Waals surface area contributed by atoms with Gasteiger partial charge in [-0.25, -0.2) is 4.79 Å². The summed E-state index contributed by atoms with van der Waals surface area (Å²) in [5, 5.41) is 34.0. The molecule has 0 bridgehead atoms. The van der Waals surface area contributed by atoms with Crippen LogP contribution in [0.25, 0.3) is 0 Å². The van der Waals surface area contributed by atoms with Crippen molar-refractivity contribution in [2.24, 2.45) is 28.9 Å². The molecule has 0 aliphatic carbocycles. The van der Waals surface area contributed by atoms with E-state index in [-0.39, 0.29) is 25.8 Å². The van der Waals surface area contributed by atoms with Crippen molar-refractivity contribution >= 4 is 70.9 Å². The van der Waals surface area contributed by atoms with Crippen molar-refractivity contribution in [1.82, 2.24) is 36.8 Å². The van der Waals surface area contributed by atoms with Crippen molar-refractivity contribution in [3.05, 3.63) is 0 Å². The number of likely N-dealkylation sites (tertiary alicyclic amines) is 1. The number of nitrogens with two attached hydrogens (primary N) is 4. The Morgan fingerprint density at radius 1 is 0.750 bits per heavy atom. The third kappa shape index (κ3) is 17.6. The molecule has 0 spiro atoms. The van der Waals surface area contributed by atoms with Gasteiger partial charge in [-0.05, 0) is 69.9 Å². The van der Waals surface area contributed by atoms with Crippen LogP contribution in [0.4, 0.5) is 0 Å². The number of thioether (sulfide) groups is 1. The molecular weight excluding hydrogens is 811 g/mol. The fraction of sp³-hybridized carbons (Fsp3) is 0.722. The maximum Gasteiger partial charge on any atom is 0.326 e. The number of carboxylic acids is 1. The number of hydrogen-bond acceptors (Lipinski definition) is 14. The predicted molar refractivity (Wildman–Crippen MR) is 218 cm³/mol. The average Bonchev–Trinajstić information content (AvgIpc) is 3.68. The van der Waals surface area contributed by atoms with E-state index < -0.39 is 133 Å². The molecule has 1 saturated heterocycles. The Balaban J connectivity index is 3.15. The molecule has 1 aliphatic rings. The maximum atomic E-state index is 13.9. The normalized spacial score (nSPS) is 17.6. The van der Waals surface area contributed by atoms with E-state index in [2.05, 4.69) is 31.9 Å². The number of primary amides is 2. The predicted octanol–water partition coefficient (Wildman–Crippen LogP) is -5.01. The van der Waals surface area contributed by atoms with E-state index in [0.29, 0.717) is 38.0 Å². The van der Waals surface area contributed by atoms with Gasteiger partial charge in [0.15, 0.2) is 0 Å². The molecule has 24 heteroatoms. The molecule has 1 fully saturated rings. The second kappa shape index (κ2) is 26.9. The highest BCUT2D eigenvalue weighted by atomic mass is 32.2. The Labute approximate surface area is 352 Å². The summed E-state index contributed by atoms with van der Waals surface area (Å²) in [6.07, 6.45) is 2.47. The molecule has 9 atom stereocenters. The zero-order valence-electron chi connectivity index (χ0n) is 34.5. The van der Waals surface area contributed by atoms with Gasteiger partial charge in [-0.1, -0.05) is 20.3 Å². The van der Waals surface area contributed by atoms with Crippen molar-refractivity contribution < 1.29 is 58.2 Å². The van der Waals surface area contributed by atoms with Gasteiger partial charge in [0.1, 0.15) is 42.3 Å². The largest absolute Gasteiger partial charge is 0.480 e. The van der Waals surface area contributed by atoms with E-state index in [0.717, 1.165) is 4.90 Å². The number of rotatable bonds is 28. The molecule has 1 aliphatic heterocycles. The van der Waals surface area contributed by atoms with Gasteiger partial charge in [-0.15, -0.1) is 0 Å². The lowest BCUT2D eigenvalue weighted by Gasteiger charge is -2.31. The van der Waals surface area contributed by atoms with Crippen molar-refractivity contribution in [2.45, 2.75) is 127 Å². The lowest BCUT2D eigenvalue weighted by atomic mass is 9.97. The van der Waals surface area contributed by atoms with E-state index in [1.54, 1.807) is 20.1 Å². The summed E-state index contributed by atoms with van der Waals surface area (Å²) in [5.74, 6) is -9.23. The molecule has 0 radical (unpaired) electrons. The number of nitrogens with zero attached hydrogens (tertiary/aromatic N) is 1. The second-order valence-corrected chi connectivity index (χ2v) is 15.6. The molecule has 0 aromatic rings. The van der Waals surface area contributed by atoms with Crippen LogP contribution in [0.5, 0.6) is 0 Å². The first kappa shape index (κ1) is 52.9. The third-order valence-electron chi connectivity index (χ3n) is 9.78. The number of carbonyl (C=O) groups is 10. The van der Waals surface area contributed by atoms with E-state index in [1.807, 2.05) is 0 Å². The maximum absolute atomic E-state index is 13.9. The van der Waals surface area contributed by atoms with Crippen LogP contribution in [0.1, 0.15) is 78.6 Å². The number of hydrogen-bond donors (Lipinski definition) is 12. The summed E-state index contributed by atoms with van der Waals surface area (Å²) in [7, 11) is 0. The highest BCUT2D eigenvalue weighted by Gasteiger charge is 2.41. The number of carbonyl (C=O) groups excluding carboxylic acids is 9. The molecule has 60 heavy (non-hydrogen) atoms. The van der Waals surface area contributed by atoms with Crippen LogP contribution in [-0.4, -0.2) is 154 Å². The number of aliphatic carboxylic acids is 1. The minimum atomic E-state index is -1.60. The van der Waals surface area contributed by atoms with E-state index >= 15 is 0 Å². The fourth-order valence-corrected chi connectivity index (χ4v) is 6.57. The lowest BCUT2D eigenvalue weighted by Crippen LogP contribution is -2.61. The third-order valence-corrected chi connectivity index (χ3v) is 10.4. The average molecular weight is 874 g/mol. The standard InChI is InChI=1S/C36H63N11O12S/c1-5-18(2)28(46-29(51)19(3)41-31(53)21(11-14-60-4)42-30(52)20(38)15-26(39)49)34(56)44-23(16-27(40)50)35(57)47-13-8-10-25(47)33(55)45-24(17-48)32(54)43-22(36(58)59)9-6-7-12-37/h18-25,28,48H,5-17,37-38H2,1-4H3,(H2,39,49)(H2,40,50)(H,41,53)(H,42,52)(H,43,54)(H,44,56)(H,45,55)(H,46,51)(H,58,59)/t18-,19-,20-,21-,22-,23-,24-,25-,28-/m0/s1. The van der Waals surface area contributed by atoms with Gasteiger partial charge in [-0.3, -0.25) is 43.2 Å². The minimum absolute atomic E-state index is 0.00150. The topological polar surface area (TPSA) is 391 Å². The number of aliphatic hydroxyl groups excluding tert-OH is 1. The first-order valence-corrected chi connectivity index (χ1v) is 21.1. The summed E-state index contributed by atoms with van der Waals surface area (Å²) in [4.78, 5) is 129. The minimum Gasteiger partial charge on any atom is -0.480 e. The number of amides is 9. The second-order valence-electron chi connectivity index (χ2n) is 14.6. The molecule has 1 rings (SSSR count). The monoisotopic (exact) mass is 873 g/mol. The summed E-state index contributed by atoms with van der Waals surface area (Å²) < 4.78 is 0. The van der Waals surface area contributed by atoms with Crippen molar-refractivity contribution in [3.8, 4) is 0 Å². The van der Waals surface area contributed by atoms with Gasteiger partial charge in [-0.2, -0.15) is 11.8 Å². The molecule has 9 amide bonds. The van der Waals surface area contributed by atoms with Crippen LogP contribution in [0.2, 0.25) is 0 Å². The number of aliphatic hydroxyl groups is 1. The highest BCUT2D eigenvalue weighted by Crippen LogP contribution is 2.20. The van der Waals surface area contributed by atoms with Gasteiger partial charge in [0.05, 0.1) is 25.5 Å². The van der Waals surface area contributed by atoms with Crippen LogP contribution in [0, 0.1) is 5.92 Å². The quantitative estimate of drug-likeness (QED) is 0.0328. The number of unbranched alkanes of at least 4 members (excludes halogenated alkanes) is 1. The lowest BCUT2D eigenvalue weighted by molar-refractivity contribution is -0.144. The number of nitrogens with one attached hydrogen (secondary N) is 6. The van der Waals surface area contributed by atoms with Gasteiger partial charge >= 0.3 is 5.97 Å². The van der Waals surface area contributed by atoms with E-state index in [1.165, 1.54) is 18.7 Å². The first-order valence-electron chi connectivity index (χ1n) is 19.7. The van der Waals surface area contributed by atoms with Gasteiger partial charge in [0.25, 0.3) is 0 Å². The Hall–Kier alpha value is -5.07. The van der Waals surface area contributed by atoms with E-state index in [4.69, 9.17) is 22.9 Å². The molecule has 0 aromatic carbocycles. The Kier molecular flexibility index (Phi) is 23.7. The van der Waals surface area contributed by atoms with Crippen molar-refractivity contribution in [3.63, 3.8) is 0 Å². The molecule has 0 aromatic heterocycles. The van der Waals surface area contributed by atoms with Crippen LogP contribution in [-0.2, 0) is 47.9 Å². The smallest absolute Gasteiger partial charge is 0.326 e. The van der Waals surface area contributed by atoms with Crippen LogP contribution in [0.3, 0.4) is 0 Å². The Morgan fingerprint density at radius 2 is 1.35 bits per heavy atom. The molecule has 340 valence electrons. The zero-order valence-corrected chi connectivity index (χ0v) is 35.3. The van der Waals surface area contributed by atoms with Crippen LogP contribution >= 0.6 is 11.8 Å². The molecule has 0 unspecified atom stereocenters. The molecule has 16 N–H and O–H groups in total. The summed E-state index contributed by atoms with van der Waals surface area (Å²) in [6.45, 7) is 4.11. The molecular formula is C36H63N11O12S. The number of carboxylic acid groups (broad SMARTS) is 1. The van der Waals surface area contributed by atoms with Gasteiger partial charge in [0, 0.05) is 6.54 Å². The first-order chi connectivity index (χ1) is 28.2. The van der Waals surface area contributed by atoms with Crippen LogP contribution in [0.15, 0.2) is 0 Å². The zero-order chi connectivity index (χ0) is 45.7.